The maximum absolute atomic E-state index is 13.4. The number of carbonyl (C=O) groups excluding carboxylic acids is 1. The third-order valence-electron chi connectivity index (χ3n) is 4.59. The normalized spacial score (nSPS) is 15.2. The monoisotopic (exact) mass is 350 g/mol. The molecule has 4 heterocycles. The molecule has 0 aliphatic carbocycles. The zero-order valence-corrected chi connectivity index (χ0v) is 14.9. The SMILES string of the molecule is Cc1sccc1N1C(=O)N(C(C)c2ccncc2)Cc2cccnc21. The maximum Gasteiger partial charge on any atom is 0.331 e. The van der Waals surface area contributed by atoms with Gasteiger partial charge in [-0.25, -0.2) is 14.7 Å². The van der Waals surface area contributed by atoms with Crippen LogP contribution in [0.3, 0.4) is 0 Å². The highest BCUT2D eigenvalue weighted by atomic mass is 32.1. The molecule has 1 unspecified atom stereocenters. The first-order chi connectivity index (χ1) is 12.2. The highest BCUT2D eigenvalue weighted by molar-refractivity contribution is 7.10. The van der Waals surface area contributed by atoms with Crippen LogP contribution in [0.4, 0.5) is 16.3 Å². The first kappa shape index (κ1) is 15.8. The van der Waals surface area contributed by atoms with Gasteiger partial charge >= 0.3 is 6.03 Å². The molecule has 6 heteroatoms. The molecule has 0 saturated heterocycles. The predicted octanol–water partition coefficient (Wildman–Crippen LogP) is 4.68. The smallest absolute Gasteiger partial charge is 0.313 e. The summed E-state index contributed by atoms with van der Waals surface area (Å²) in [6.07, 6.45) is 5.26. The fourth-order valence-corrected chi connectivity index (χ4v) is 3.86. The summed E-state index contributed by atoms with van der Waals surface area (Å²) in [6.45, 7) is 4.62. The first-order valence-corrected chi connectivity index (χ1v) is 9.03. The first-order valence-electron chi connectivity index (χ1n) is 8.15. The Bertz CT molecular complexity index is 909. The predicted molar refractivity (Wildman–Crippen MR) is 99.0 cm³/mol. The lowest BCUT2D eigenvalue weighted by Gasteiger charge is -2.39. The van der Waals surface area contributed by atoms with Crippen molar-refractivity contribution in [1.29, 1.82) is 0 Å². The lowest BCUT2D eigenvalue weighted by Crippen LogP contribution is -2.46. The molecule has 0 N–H and O–H groups in total. The molecule has 1 atom stereocenters. The van der Waals surface area contributed by atoms with Crippen LogP contribution in [0.5, 0.6) is 0 Å². The minimum atomic E-state index is -0.0507. The minimum absolute atomic E-state index is 0.0444. The van der Waals surface area contributed by atoms with E-state index in [1.165, 1.54) is 0 Å². The second-order valence-electron chi connectivity index (χ2n) is 6.05. The molecular weight excluding hydrogens is 332 g/mol. The third-order valence-corrected chi connectivity index (χ3v) is 5.42. The Labute approximate surface area is 150 Å². The molecule has 2 amide bonds. The summed E-state index contributed by atoms with van der Waals surface area (Å²) in [5.74, 6) is 0.729. The average molecular weight is 350 g/mol. The van der Waals surface area contributed by atoms with E-state index in [4.69, 9.17) is 0 Å². The standard InChI is InChI=1S/C19H18N4OS/c1-13(15-5-9-20-10-6-15)22-12-16-4-3-8-21-18(16)23(19(22)24)17-7-11-25-14(17)2/h3-11,13H,12H2,1-2H3. The van der Waals surface area contributed by atoms with Gasteiger partial charge in [-0.1, -0.05) is 6.07 Å². The van der Waals surface area contributed by atoms with Gasteiger partial charge in [0.05, 0.1) is 18.3 Å². The van der Waals surface area contributed by atoms with Gasteiger partial charge in [0, 0.05) is 29.0 Å². The molecule has 0 saturated carbocycles. The van der Waals surface area contributed by atoms with Crippen molar-refractivity contribution in [1.82, 2.24) is 14.9 Å². The van der Waals surface area contributed by atoms with E-state index in [9.17, 15) is 4.79 Å². The Hall–Kier alpha value is -2.73. The fourth-order valence-electron chi connectivity index (χ4n) is 3.18. The molecule has 0 bridgehead atoms. The number of hydrogen-bond acceptors (Lipinski definition) is 4. The number of hydrogen-bond donors (Lipinski definition) is 0. The maximum atomic E-state index is 13.4. The van der Waals surface area contributed by atoms with E-state index in [2.05, 4.69) is 9.97 Å². The number of nitrogens with zero attached hydrogens (tertiary/aromatic N) is 4. The van der Waals surface area contributed by atoms with Crippen molar-refractivity contribution in [2.45, 2.75) is 26.4 Å². The molecule has 0 radical (unpaired) electrons. The van der Waals surface area contributed by atoms with Crippen LogP contribution in [-0.4, -0.2) is 20.9 Å². The summed E-state index contributed by atoms with van der Waals surface area (Å²) in [5, 5.41) is 2.01. The van der Waals surface area contributed by atoms with E-state index in [0.29, 0.717) is 6.54 Å². The number of urea groups is 1. The number of thiophene rings is 1. The van der Waals surface area contributed by atoms with Crippen LogP contribution in [0, 0.1) is 6.92 Å². The van der Waals surface area contributed by atoms with Crippen molar-refractivity contribution in [3.63, 3.8) is 0 Å². The number of aryl methyl sites for hydroxylation is 1. The van der Waals surface area contributed by atoms with Gasteiger partial charge in [0.25, 0.3) is 0 Å². The van der Waals surface area contributed by atoms with Crippen molar-refractivity contribution < 1.29 is 4.79 Å². The topological polar surface area (TPSA) is 49.3 Å². The van der Waals surface area contributed by atoms with E-state index >= 15 is 0 Å². The van der Waals surface area contributed by atoms with E-state index in [1.807, 2.05) is 54.5 Å². The van der Waals surface area contributed by atoms with Gasteiger partial charge in [-0.15, -0.1) is 11.3 Å². The molecule has 5 nitrogen and oxygen atoms in total. The van der Waals surface area contributed by atoms with Gasteiger partial charge in [0.2, 0.25) is 0 Å². The molecule has 0 spiro atoms. The fraction of sp³-hybridized carbons (Fsp3) is 0.211. The summed E-state index contributed by atoms with van der Waals surface area (Å²) < 4.78 is 0. The largest absolute Gasteiger partial charge is 0.331 e. The van der Waals surface area contributed by atoms with Crippen molar-refractivity contribution in [3.8, 4) is 0 Å². The van der Waals surface area contributed by atoms with E-state index < -0.39 is 0 Å². The van der Waals surface area contributed by atoms with Crippen LogP contribution in [0.1, 0.15) is 29.0 Å². The van der Waals surface area contributed by atoms with Crippen molar-refractivity contribution in [2.24, 2.45) is 0 Å². The van der Waals surface area contributed by atoms with Crippen LogP contribution >= 0.6 is 11.3 Å². The van der Waals surface area contributed by atoms with Crippen molar-refractivity contribution >= 4 is 28.9 Å². The third kappa shape index (κ3) is 2.68. The van der Waals surface area contributed by atoms with Gasteiger partial charge < -0.3 is 4.90 Å². The second-order valence-corrected chi connectivity index (χ2v) is 7.17. The quantitative estimate of drug-likeness (QED) is 0.689. The number of rotatable bonds is 3. The molecule has 3 aromatic heterocycles. The Morgan fingerprint density at radius 1 is 1.16 bits per heavy atom. The van der Waals surface area contributed by atoms with Gasteiger partial charge in [0.1, 0.15) is 5.82 Å². The van der Waals surface area contributed by atoms with E-state index in [0.717, 1.165) is 27.5 Å². The van der Waals surface area contributed by atoms with E-state index in [1.54, 1.807) is 34.8 Å². The van der Waals surface area contributed by atoms with Crippen LogP contribution < -0.4 is 4.90 Å². The van der Waals surface area contributed by atoms with Gasteiger partial charge in [0.15, 0.2) is 0 Å². The molecule has 1 aliphatic heterocycles. The summed E-state index contributed by atoms with van der Waals surface area (Å²) in [7, 11) is 0. The Morgan fingerprint density at radius 2 is 1.96 bits per heavy atom. The molecule has 126 valence electrons. The number of fused-ring (bicyclic) bond motifs is 1. The Morgan fingerprint density at radius 3 is 2.68 bits per heavy atom. The highest BCUT2D eigenvalue weighted by Crippen LogP contribution is 2.39. The zero-order valence-electron chi connectivity index (χ0n) is 14.1. The second kappa shape index (κ2) is 6.29. The Balaban J connectivity index is 1.80. The van der Waals surface area contributed by atoms with Crippen LogP contribution in [0.2, 0.25) is 0 Å². The molecule has 0 fully saturated rings. The molecule has 1 aliphatic rings. The van der Waals surface area contributed by atoms with Crippen molar-refractivity contribution in [3.05, 3.63) is 70.3 Å². The van der Waals surface area contributed by atoms with Crippen LogP contribution in [0.25, 0.3) is 0 Å². The van der Waals surface area contributed by atoms with Crippen molar-refractivity contribution in [2.75, 3.05) is 4.90 Å². The van der Waals surface area contributed by atoms with Gasteiger partial charge in [-0.05, 0) is 49.1 Å². The highest BCUT2D eigenvalue weighted by Gasteiger charge is 2.36. The average Bonchev–Trinajstić information content (AvgIpc) is 3.07. The molecule has 4 rings (SSSR count). The summed E-state index contributed by atoms with van der Waals surface area (Å²) in [5.41, 5.74) is 3.02. The zero-order chi connectivity index (χ0) is 17.4. The van der Waals surface area contributed by atoms with Crippen LogP contribution in [0.15, 0.2) is 54.3 Å². The molecule has 3 aromatic rings. The lowest BCUT2D eigenvalue weighted by atomic mass is 10.1. The van der Waals surface area contributed by atoms with E-state index in [-0.39, 0.29) is 12.1 Å². The number of pyridine rings is 2. The number of amides is 2. The van der Waals surface area contributed by atoms with Crippen LogP contribution in [-0.2, 0) is 6.54 Å². The minimum Gasteiger partial charge on any atom is -0.313 e. The Kier molecular flexibility index (Phi) is 3.97. The summed E-state index contributed by atoms with van der Waals surface area (Å²) in [6, 6.07) is 9.76. The number of anilines is 2. The van der Waals surface area contributed by atoms with Gasteiger partial charge in [-0.2, -0.15) is 0 Å². The lowest BCUT2D eigenvalue weighted by molar-refractivity contribution is 0.180. The molecule has 0 aromatic carbocycles. The summed E-state index contributed by atoms with van der Waals surface area (Å²) >= 11 is 1.63. The number of carbonyl (C=O) groups is 1. The molecular formula is C19H18N4OS. The van der Waals surface area contributed by atoms with Gasteiger partial charge in [-0.3, -0.25) is 4.98 Å². The summed E-state index contributed by atoms with van der Waals surface area (Å²) in [4.78, 5) is 26.6. The molecule has 25 heavy (non-hydrogen) atoms. The number of aromatic nitrogens is 2.